The summed E-state index contributed by atoms with van der Waals surface area (Å²) in [6.45, 7) is 1.28. The SMILES string of the molecule is COc1ccc2ncn([C@H]3CCOC3)c(=O)c2c1. The Balaban J connectivity index is 2.17. The van der Waals surface area contributed by atoms with Gasteiger partial charge in [0, 0.05) is 6.61 Å². The minimum Gasteiger partial charge on any atom is -0.497 e. The summed E-state index contributed by atoms with van der Waals surface area (Å²) in [7, 11) is 1.58. The fraction of sp³-hybridized carbons (Fsp3) is 0.385. The molecule has 0 amide bonds. The van der Waals surface area contributed by atoms with Gasteiger partial charge in [-0.2, -0.15) is 0 Å². The van der Waals surface area contributed by atoms with E-state index in [1.54, 1.807) is 36.2 Å². The van der Waals surface area contributed by atoms with Gasteiger partial charge >= 0.3 is 0 Å². The van der Waals surface area contributed by atoms with E-state index in [2.05, 4.69) is 4.98 Å². The van der Waals surface area contributed by atoms with E-state index in [-0.39, 0.29) is 11.6 Å². The molecule has 1 aromatic carbocycles. The smallest absolute Gasteiger partial charge is 0.261 e. The van der Waals surface area contributed by atoms with Crippen LogP contribution in [0.5, 0.6) is 5.75 Å². The van der Waals surface area contributed by atoms with Crippen LogP contribution in [0.25, 0.3) is 10.9 Å². The Labute approximate surface area is 104 Å². The third-order valence-electron chi connectivity index (χ3n) is 3.29. The van der Waals surface area contributed by atoms with Crippen LogP contribution < -0.4 is 10.3 Å². The standard InChI is InChI=1S/C13H14N2O3/c1-17-10-2-3-12-11(6-10)13(16)15(8-14-12)9-4-5-18-7-9/h2-3,6,8-9H,4-5,7H2,1H3/t9-/m0/s1. The van der Waals surface area contributed by atoms with Gasteiger partial charge in [0.2, 0.25) is 0 Å². The lowest BCUT2D eigenvalue weighted by Crippen LogP contribution is -2.25. The van der Waals surface area contributed by atoms with Crippen LogP contribution in [0.3, 0.4) is 0 Å². The molecular weight excluding hydrogens is 232 g/mol. The molecule has 1 aliphatic rings. The molecule has 0 spiro atoms. The number of methoxy groups -OCH3 is 1. The normalized spacial score (nSPS) is 19.3. The number of nitrogens with zero attached hydrogens (tertiary/aromatic N) is 2. The van der Waals surface area contributed by atoms with Crippen LogP contribution in [-0.2, 0) is 4.74 Å². The first-order chi connectivity index (χ1) is 8.79. The molecule has 0 saturated carbocycles. The van der Waals surface area contributed by atoms with Gasteiger partial charge < -0.3 is 9.47 Å². The number of ether oxygens (including phenoxy) is 2. The van der Waals surface area contributed by atoms with E-state index in [0.29, 0.717) is 29.9 Å². The predicted octanol–water partition coefficient (Wildman–Crippen LogP) is 1.37. The van der Waals surface area contributed by atoms with Crippen molar-refractivity contribution in [3.63, 3.8) is 0 Å². The molecule has 18 heavy (non-hydrogen) atoms. The van der Waals surface area contributed by atoms with E-state index in [4.69, 9.17) is 9.47 Å². The Bertz CT molecular complexity index is 630. The maximum Gasteiger partial charge on any atom is 0.261 e. The number of rotatable bonds is 2. The van der Waals surface area contributed by atoms with Crippen molar-refractivity contribution in [3.05, 3.63) is 34.9 Å². The lowest BCUT2D eigenvalue weighted by atomic mass is 10.2. The van der Waals surface area contributed by atoms with Crippen molar-refractivity contribution in [2.24, 2.45) is 0 Å². The predicted molar refractivity (Wildman–Crippen MR) is 67.0 cm³/mol. The third-order valence-corrected chi connectivity index (χ3v) is 3.29. The number of hydrogen-bond acceptors (Lipinski definition) is 4. The quantitative estimate of drug-likeness (QED) is 0.803. The highest BCUT2D eigenvalue weighted by atomic mass is 16.5. The maximum absolute atomic E-state index is 12.4. The topological polar surface area (TPSA) is 53.4 Å². The molecule has 1 atom stereocenters. The summed E-state index contributed by atoms with van der Waals surface area (Å²) in [5, 5.41) is 0.587. The van der Waals surface area contributed by atoms with Crippen molar-refractivity contribution in [1.29, 1.82) is 0 Å². The molecule has 1 aromatic heterocycles. The Kier molecular flexibility index (Phi) is 2.76. The van der Waals surface area contributed by atoms with Gasteiger partial charge in [0.25, 0.3) is 5.56 Å². The summed E-state index contributed by atoms with van der Waals surface area (Å²) in [6, 6.07) is 5.43. The zero-order valence-corrected chi connectivity index (χ0v) is 10.1. The van der Waals surface area contributed by atoms with Crippen molar-refractivity contribution in [2.75, 3.05) is 20.3 Å². The van der Waals surface area contributed by atoms with E-state index in [1.165, 1.54) is 0 Å². The van der Waals surface area contributed by atoms with Crippen molar-refractivity contribution < 1.29 is 9.47 Å². The number of hydrogen-bond donors (Lipinski definition) is 0. The molecule has 2 heterocycles. The summed E-state index contributed by atoms with van der Waals surface area (Å²) in [5.74, 6) is 0.668. The number of aromatic nitrogens is 2. The molecule has 0 radical (unpaired) electrons. The lowest BCUT2D eigenvalue weighted by Gasteiger charge is -2.12. The summed E-state index contributed by atoms with van der Waals surface area (Å²) in [4.78, 5) is 16.7. The van der Waals surface area contributed by atoms with Crippen molar-refractivity contribution in [2.45, 2.75) is 12.5 Å². The van der Waals surface area contributed by atoms with Gasteiger partial charge in [0.05, 0.1) is 37.0 Å². The van der Waals surface area contributed by atoms with Crippen LogP contribution in [0.1, 0.15) is 12.5 Å². The minimum atomic E-state index is -0.0330. The molecular formula is C13H14N2O3. The molecule has 3 rings (SSSR count). The van der Waals surface area contributed by atoms with E-state index in [1.807, 2.05) is 0 Å². The van der Waals surface area contributed by atoms with Crippen molar-refractivity contribution in [3.8, 4) is 5.75 Å². The van der Waals surface area contributed by atoms with Crippen LogP contribution in [0.4, 0.5) is 0 Å². The third kappa shape index (κ3) is 1.76. The zero-order valence-electron chi connectivity index (χ0n) is 10.1. The number of fused-ring (bicyclic) bond motifs is 1. The Morgan fingerprint density at radius 3 is 3.11 bits per heavy atom. The van der Waals surface area contributed by atoms with Crippen LogP contribution in [0.15, 0.2) is 29.3 Å². The van der Waals surface area contributed by atoms with E-state index in [9.17, 15) is 4.79 Å². The van der Waals surface area contributed by atoms with E-state index >= 15 is 0 Å². The highest BCUT2D eigenvalue weighted by molar-refractivity contribution is 5.78. The van der Waals surface area contributed by atoms with Gasteiger partial charge in [-0.25, -0.2) is 4.98 Å². The first kappa shape index (κ1) is 11.2. The number of benzene rings is 1. The molecule has 94 valence electrons. The molecule has 2 aromatic rings. The fourth-order valence-corrected chi connectivity index (χ4v) is 2.24. The maximum atomic E-state index is 12.4. The van der Waals surface area contributed by atoms with Gasteiger partial charge in [-0.15, -0.1) is 0 Å². The van der Waals surface area contributed by atoms with Crippen molar-refractivity contribution in [1.82, 2.24) is 9.55 Å². The molecule has 1 aliphatic heterocycles. The molecule has 1 fully saturated rings. The summed E-state index contributed by atoms with van der Waals surface area (Å²) >= 11 is 0. The summed E-state index contributed by atoms with van der Waals surface area (Å²) in [5.41, 5.74) is 0.658. The molecule has 5 nitrogen and oxygen atoms in total. The van der Waals surface area contributed by atoms with Gasteiger partial charge in [-0.1, -0.05) is 0 Å². The lowest BCUT2D eigenvalue weighted by molar-refractivity contribution is 0.186. The average Bonchev–Trinajstić information content (AvgIpc) is 2.93. The molecule has 0 bridgehead atoms. The molecule has 1 saturated heterocycles. The first-order valence-corrected chi connectivity index (χ1v) is 5.92. The van der Waals surface area contributed by atoms with E-state index in [0.717, 1.165) is 6.42 Å². The highest BCUT2D eigenvalue weighted by Crippen LogP contribution is 2.19. The second kappa shape index (κ2) is 4.42. The monoisotopic (exact) mass is 246 g/mol. The second-order valence-electron chi connectivity index (χ2n) is 4.36. The van der Waals surface area contributed by atoms with Crippen LogP contribution >= 0.6 is 0 Å². The Hall–Kier alpha value is -1.88. The molecule has 0 N–H and O–H groups in total. The largest absolute Gasteiger partial charge is 0.497 e. The first-order valence-electron chi connectivity index (χ1n) is 5.92. The average molecular weight is 246 g/mol. The summed E-state index contributed by atoms with van der Waals surface area (Å²) in [6.07, 6.45) is 2.47. The fourth-order valence-electron chi connectivity index (χ4n) is 2.24. The van der Waals surface area contributed by atoms with Crippen LogP contribution in [0.2, 0.25) is 0 Å². The van der Waals surface area contributed by atoms with Gasteiger partial charge in [-0.05, 0) is 24.6 Å². The van der Waals surface area contributed by atoms with E-state index < -0.39 is 0 Å². The van der Waals surface area contributed by atoms with Gasteiger partial charge in [0.15, 0.2) is 0 Å². The molecule has 5 heteroatoms. The zero-order chi connectivity index (χ0) is 12.5. The Morgan fingerprint density at radius 2 is 2.39 bits per heavy atom. The molecule has 0 aliphatic carbocycles. The summed E-state index contributed by atoms with van der Waals surface area (Å²) < 4.78 is 12.1. The highest BCUT2D eigenvalue weighted by Gasteiger charge is 2.19. The van der Waals surface area contributed by atoms with Gasteiger partial charge in [0.1, 0.15) is 5.75 Å². The van der Waals surface area contributed by atoms with Crippen LogP contribution in [-0.4, -0.2) is 29.9 Å². The molecule has 0 unspecified atom stereocenters. The van der Waals surface area contributed by atoms with Crippen LogP contribution in [0, 0.1) is 0 Å². The van der Waals surface area contributed by atoms with Crippen molar-refractivity contribution >= 4 is 10.9 Å². The van der Waals surface area contributed by atoms with Gasteiger partial charge in [-0.3, -0.25) is 9.36 Å². The minimum absolute atomic E-state index is 0.0330. The Morgan fingerprint density at radius 1 is 1.50 bits per heavy atom. The second-order valence-corrected chi connectivity index (χ2v) is 4.36.